The van der Waals surface area contributed by atoms with Gasteiger partial charge in [-0.05, 0) is 31.6 Å². The third-order valence-electron chi connectivity index (χ3n) is 5.56. The second-order valence-corrected chi connectivity index (χ2v) is 7.76. The molecule has 0 bridgehead atoms. The monoisotopic (exact) mass is 422 g/mol. The highest BCUT2D eigenvalue weighted by molar-refractivity contribution is 5.76. The third kappa shape index (κ3) is 5.46. The number of rotatable bonds is 6. The molecule has 0 radical (unpaired) electrons. The number of hydrogen-bond donors (Lipinski definition) is 2. The molecule has 2 N–H and O–H groups in total. The van der Waals surface area contributed by atoms with Crippen LogP contribution in [0.5, 0.6) is 0 Å². The Hall–Kier alpha value is -2.71. The molecule has 162 valence electrons. The first-order chi connectivity index (χ1) is 14.3. The Labute approximate surface area is 172 Å². The maximum absolute atomic E-state index is 13.0. The van der Waals surface area contributed by atoms with Crippen LogP contribution in [0.4, 0.5) is 13.2 Å². The second-order valence-electron chi connectivity index (χ2n) is 7.76. The number of benzene rings is 1. The van der Waals surface area contributed by atoms with Crippen LogP contribution in [0.1, 0.15) is 57.2 Å². The van der Waals surface area contributed by atoms with Crippen LogP contribution < -0.4 is 10.9 Å². The number of aromatic nitrogens is 3. The summed E-state index contributed by atoms with van der Waals surface area (Å²) in [6.07, 6.45) is -2.64. The first-order valence-electron chi connectivity index (χ1n) is 10.2. The van der Waals surface area contributed by atoms with E-state index in [-0.39, 0.29) is 36.8 Å². The molecule has 1 saturated carbocycles. The summed E-state index contributed by atoms with van der Waals surface area (Å²) in [6.45, 7) is 1.79. The van der Waals surface area contributed by atoms with Gasteiger partial charge in [-0.2, -0.15) is 13.2 Å². The number of carbonyl (C=O) groups excluding carboxylic acids is 1. The van der Waals surface area contributed by atoms with Gasteiger partial charge in [0.25, 0.3) is 5.56 Å². The molecule has 1 aromatic heterocycles. The fraction of sp³-hybridized carbons (Fsp3) is 0.524. The van der Waals surface area contributed by atoms with Crippen LogP contribution in [0, 0.1) is 11.8 Å². The van der Waals surface area contributed by atoms with Gasteiger partial charge in [0.2, 0.25) is 5.91 Å². The number of aromatic amines is 1. The Morgan fingerprint density at radius 2 is 1.97 bits per heavy atom. The maximum Gasteiger partial charge on any atom is 0.391 e. The molecule has 1 aliphatic rings. The molecule has 3 rings (SSSR count). The van der Waals surface area contributed by atoms with Gasteiger partial charge in [0.1, 0.15) is 0 Å². The summed E-state index contributed by atoms with van der Waals surface area (Å²) in [5, 5.41) is 10.8. The Morgan fingerprint density at radius 3 is 2.60 bits per heavy atom. The summed E-state index contributed by atoms with van der Waals surface area (Å²) in [7, 11) is 0. The van der Waals surface area contributed by atoms with Crippen LogP contribution in [-0.4, -0.2) is 27.3 Å². The van der Waals surface area contributed by atoms with Gasteiger partial charge in [-0.25, -0.2) is 0 Å². The minimum atomic E-state index is -4.22. The van der Waals surface area contributed by atoms with Crippen LogP contribution in [-0.2, 0) is 4.79 Å². The largest absolute Gasteiger partial charge is 0.391 e. The van der Waals surface area contributed by atoms with E-state index in [4.69, 9.17) is 0 Å². The standard InChI is InChI=1S/C21H25F3N4O2/c1-2-16(18-20(30)26-19(28-27-18)14-8-4-3-5-9-14)25-17(29)12-13-7-6-10-15(11-13)21(22,23)24/h3-5,8-9,13,15-16H,2,6-7,10-12H2,1H3,(H,25,29)(H,26,28,30). The van der Waals surface area contributed by atoms with Crippen molar-refractivity contribution in [3.05, 3.63) is 46.4 Å². The number of hydrogen-bond acceptors (Lipinski definition) is 4. The van der Waals surface area contributed by atoms with Crippen molar-refractivity contribution in [1.29, 1.82) is 0 Å². The molecular formula is C21H25F3N4O2. The Kier molecular flexibility index (Phi) is 6.89. The van der Waals surface area contributed by atoms with Gasteiger partial charge < -0.3 is 10.3 Å². The summed E-state index contributed by atoms with van der Waals surface area (Å²) in [4.78, 5) is 27.6. The van der Waals surface area contributed by atoms with Crippen LogP contribution in [0.3, 0.4) is 0 Å². The third-order valence-corrected chi connectivity index (χ3v) is 5.56. The van der Waals surface area contributed by atoms with Crippen molar-refractivity contribution in [3.63, 3.8) is 0 Å². The number of amides is 1. The van der Waals surface area contributed by atoms with E-state index in [2.05, 4.69) is 20.5 Å². The van der Waals surface area contributed by atoms with E-state index >= 15 is 0 Å². The van der Waals surface area contributed by atoms with Crippen LogP contribution in [0.15, 0.2) is 35.1 Å². The molecule has 1 aromatic carbocycles. The minimum Gasteiger partial charge on any atom is -0.347 e. The van der Waals surface area contributed by atoms with Gasteiger partial charge in [0, 0.05) is 12.0 Å². The van der Waals surface area contributed by atoms with E-state index in [0.717, 1.165) is 0 Å². The van der Waals surface area contributed by atoms with Crippen LogP contribution in [0.2, 0.25) is 0 Å². The Balaban J connectivity index is 1.65. The van der Waals surface area contributed by atoms with Crippen molar-refractivity contribution < 1.29 is 18.0 Å². The fourth-order valence-corrected chi connectivity index (χ4v) is 3.95. The van der Waals surface area contributed by atoms with Crippen molar-refractivity contribution in [2.75, 3.05) is 0 Å². The maximum atomic E-state index is 13.0. The Morgan fingerprint density at radius 1 is 1.23 bits per heavy atom. The zero-order chi connectivity index (χ0) is 21.7. The first kappa shape index (κ1) is 22.0. The minimum absolute atomic E-state index is 0.0104. The lowest BCUT2D eigenvalue weighted by molar-refractivity contribution is -0.186. The average Bonchev–Trinajstić information content (AvgIpc) is 2.72. The van der Waals surface area contributed by atoms with Crippen molar-refractivity contribution in [1.82, 2.24) is 20.5 Å². The van der Waals surface area contributed by atoms with E-state index in [1.165, 1.54) is 0 Å². The normalized spacial score (nSPS) is 20.5. The molecule has 0 saturated heterocycles. The molecule has 1 aliphatic carbocycles. The molecule has 30 heavy (non-hydrogen) atoms. The topological polar surface area (TPSA) is 87.7 Å². The molecule has 3 atom stereocenters. The number of nitrogens with one attached hydrogen (secondary N) is 2. The summed E-state index contributed by atoms with van der Waals surface area (Å²) < 4.78 is 39.0. The van der Waals surface area contributed by atoms with Crippen LogP contribution in [0.25, 0.3) is 11.4 Å². The highest BCUT2D eigenvalue weighted by atomic mass is 19.4. The smallest absolute Gasteiger partial charge is 0.347 e. The number of alkyl halides is 3. The van der Waals surface area contributed by atoms with Gasteiger partial charge in [-0.3, -0.25) is 9.59 Å². The predicted molar refractivity (Wildman–Crippen MR) is 105 cm³/mol. The molecule has 1 amide bonds. The quantitative estimate of drug-likeness (QED) is 0.732. The summed E-state index contributed by atoms with van der Waals surface area (Å²) in [5.41, 5.74) is 0.343. The second kappa shape index (κ2) is 9.40. The number of H-pyrrole nitrogens is 1. The summed E-state index contributed by atoms with van der Waals surface area (Å²) in [5.74, 6) is -1.70. The summed E-state index contributed by atoms with van der Waals surface area (Å²) >= 11 is 0. The van der Waals surface area contributed by atoms with Gasteiger partial charge in [0.15, 0.2) is 11.5 Å². The zero-order valence-corrected chi connectivity index (χ0v) is 16.7. The van der Waals surface area contributed by atoms with Crippen LogP contribution >= 0.6 is 0 Å². The van der Waals surface area contributed by atoms with E-state index in [1.54, 1.807) is 19.1 Å². The van der Waals surface area contributed by atoms with E-state index in [9.17, 15) is 22.8 Å². The highest BCUT2D eigenvalue weighted by Gasteiger charge is 2.42. The van der Waals surface area contributed by atoms with Crippen molar-refractivity contribution in [2.24, 2.45) is 11.8 Å². The SMILES string of the molecule is CCC(NC(=O)CC1CCCC(C(F)(F)F)C1)c1nnc(-c2ccccc2)[nH]c1=O. The molecule has 3 unspecified atom stereocenters. The fourth-order valence-electron chi connectivity index (χ4n) is 3.95. The molecule has 6 nitrogen and oxygen atoms in total. The Bertz CT molecular complexity index is 914. The van der Waals surface area contributed by atoms with Gasteiger partial charge in [-0.1, -0.05) is 43.7 Å². The molecule has 9 heteroatoms. The molecule has 0 spiro atoms. The lowest BCUT2D eigenvalue weighted by atomic mass is 9.79. The highest BCUT2D eigenvalue weighted by Crippen LogP contribution is 2.40. The number of carbonyl (C=O) groups is 1. The molecule has 1 heterocycles. The lowest BCUT2D eigenvalue weighted by Gasteiger charge is -2.30. The van der Waals surface area contributed by atoms with Crippen molar-refractivity contribution >= 4 is 5.91 Å². The number of halogens is 3. The molecular weight excluding hydrogens is 397 g/mol. The summed E-state index contributed by atoms with van der Waals surface area (Å²) in [6, 6.07) is 8.39. The van der Waals surface area contributed by atoms with E-state index < -0.39 is 23.7 Å². The van der Waals surface area contributed by atoms with Gasteiger partial charge in [-0.15, -0.1) is 10.2 Å². The van der Waals surface area contributed by atoms with Crippen molar-refractivity contribution in [3.8, 4) is 11.4 Å². The predicted octanol–water partition coefficient (Wildman–Crippen LogP) is 4.16. The van der Waals surface area contributed by atoms with E-state index in [0.29, 0.717) is 30.7 Å². The lowest BCUT2D eigenvalue weighted by Crippen LogP contribution is -2.36. The average molecular weight is 422 g/mol. The van der Waals surface area contributed by atoms with Gasteiger partial charge in [0.05, 0.1) is 12.0 Å². The molecule has 1 fully saturated rings. The first-order valence-corrected chi connectivity index (χ1v) is 10.2. The molecule has 0 aliphatic heterocycles. The van der Waals surface area contributed by atoms with Gasteiger partial charge >= 0.3 is 6.18 Å². The van der Waals surface area contributed by atoms with E-state index in [1.807, 2.05) is 18.2 Å². The molecule has 2 aromatic rings. The van der Waals surface area contributed by atoms with Crippen molar-refractivity contribution in [2.45, 2.75) is 57.7 Å². The zero-order valence-electron chi connectivity index (χ0n) is 16.7. The number of nitrogens with zero attached hydrogens (tertiary/aromatic N) is 2.